The first-order valence-electron chi connectivity index (χ1n) is 6.46. The van der Waals surface area contributed by atoms with E-state index < -0.39 is 5.23 Å². The molecule has 1 rings (SSSR count). The second-order valence-electron chi connectivity index (χ2n) is 4.21. The third kappa shape index (κ3) is 5.79. The summed E-state index contributed by atoms with van der Waals surface area (Å²) in [5.74, 6) is 0. The molecule has 0 atom stereocenters. The maximum absolute atomic E-state index is 10.6. The van der Waals surface area contributed by atoms with E-state index in [9.17, 15) is 10.4 Å². The Morgan fingerprint density at radius 3 is 2.71 bits per heavy atom. The van der Waals surface area contributed by atoms with Gasteiger partial charge in [0.1, 0.15) is 5.69 Å². The van der Waals surface area contributed by atoms with Crippen molar-refractivity contribution in [2.75, 3.05) is 15.9 Å². The average Bonchev–Trinajstić information content (AvgIpc) is 2.46. The predicted octanol–water partition coefficient (Wildman–Crippen LogP) is 3.22. The Morgan fingerprint density at radius 2 is 2.10 bits per heavy atom. The van der Waals surface area contributed by atoms with E-state index in [0.717, 1.165) is 25.3 Å². The van der Waals surface area contributed by atoms with E-state index in [1.807, 2.05) is 6.08 Å². The summed E-state index contributed by atoms with van der Waals surface area (Å²) in [6.45, 7) is 2.11. The number of nitrogens with zero attached hydrogens (tertiary/aromatic N) is 3. The highest BCUT2D eigenvalue weighted by atomic mass is 16.8. The Labute approximate surface area is 122 Å². The van der Waals surface area contributed by atoms with Crippen LogP contribution in [0.4, 0.5) is 17.1 Å². The summed E-state index contributed by atoms with van der Waals surface area (Å²) in [7, 11) is 0. The molecule has 0 bridgehead atoms. The number of benzene rings is 1. The minimum absolute atomic E-state index is 0.170. The molecular weight excluding hydrogens is 276 g/mol. The van der Waals surface area contributed by atoms with E-state index in [-0.39, 0.29) is 22.3 Å². The van der Waals surface area contributed by atoms with Gasteiger partial charge in [-0.3, -0.25) is 15.8 Å². The molecule has 21 heavy (non-hydrogen) atoms. The lowest BCUT2D eigenvalue weighted by Crippen LogP contribution is -2.14. The number of nitrogens with one attached hydrogen (secondary N) is 1. The van der Waals surface area contributed by atoms with E-state index in [2.05, 4.69) is 17.5 Å². The van der Waals surface area contributed by atoms with Gasteiger partial charge in [0.05, 0.1) is 5.69 Å². The standard InChI is InChI=1S/C13H18N4O4/c1-2-3-4-5-6-9-14-15-12-8-7-11(16(18)19)10-13(12)17(20)21/h5-10,15,20-21H,2-4H2,1H3/q-2. The minimum Gasteiger partial charge on any atom is -0.769 e. The van der Waals surface area contributed by atoms with Gasteiger partial charge in [-0.15, -0.1) is 5.23 Å². The molecule has 0 spiro atoms. The largest absolute Gasteiger partial charge is 0.769 e. The molecular formula is C13H18N4O4-2. The van der Waals surface area contributed by atoms with Crippen LogP contribution in [0.2, 0.25) is 0 Å². The van der Waals surface area contributed by atoms with Crippen molar-refractivity contribution in [2.24, 2.45) is 5.10 Å². The maximum Gasteiger partial charge on any atom is 0.121 e. The van der Waals surface area contributed by atoms with Gasteiger partial charge >= 0.3 is 0 Å². The van der Waals surface area contributed by atoms with Crippen molar-refractivity contribution in [1.82, 2.24) is 0 Å². The van der Waals surface area contributed by atoms with Crippen molar-refractivity contribution in [1.29, 1.82) is 0 Å². The topological polar surface area (TPSA) is 117 Å². The van der Waals surface area contributed by atoms with Crippen molar-refractivity contribution in [3.63, 3.8) is 0 Å². The van der Waals surface area contributed by atoms with Crippen molar-refractivity contribution in [3.05, 3.63) is 40.8 Å². The lowest BCUT2D eigenvalue weighted by atomic mass is 10.2. The second kappa shape index (κ2) is 8.93. The van der Waals surface area contributed by atoms with Crippen LogP contribution in [-0.2, 0) is 0 Å². The van der Waals surface area contributed by atoms with Crippen molar-refractivity contribution in [2.45, 2.75) is 26.2 Å². The molecule has 0 heterocycles. The predicted molar refractivity (Wildman–Crippen MR) is 82.5 cm³/mol. The summed E-state index contributed by atoms with van der Waals surface area (Å²) in [4.78, 5) is 0. The Morgan fingerprint density at radius 1 is 1.33 bits per heavy atom. The number of rotatable bonds is 8. The minimum atomic E-state index is -0.628. The molecule has 1 aromatic carbocycles. The van der Waals surface area contributed by atoms with Crippen LogP contribution in [0, 0.1) is 10.4 Å². The molecule has 0 saturated heterocycles. The smallest absolute Gasteiger partial charge is 0.121 e. The van der Waals surface area contributed by atoms with E-state index >= 15 is 0 Å². The fourth-order valence-corrected chi connectivity index (χ4v) is 1.52. The van der Waals surface area contributed by atoms with Crippen molar-refractivity contribution < 1.29 is 10.4 Å². The summed E-state index contributed by atoms with van der Waals surface area (Å²) in [6.07, 6.45) is 8.44. The first-order valence-corrected chi connectivity index (χ1v) is 6.46. The Kier molecular flexibility index (Phi) is 7.19. The molecule has 1 aromatic rings. The molecule has 0 aromatic heterocycles. The highest BCUT2D eigenvalue weighted by Crippen LogP contribution is 2.29. The quantitative estimate of drug-likeness (QED) is 0.382. The Balaban J connectivity index is 2.70. The number of anilines is 3. The van der Waals surface area contributed by atoms with Crippen LogP contribution >= 0.6 is 0 Å². The first-order chi connectivity index (χ1) is 10.1. The first kappa shape index (κ1) is 16.9. The molecule has 8 heteroatoms. The van der Waals surface area contributed by atoms with Gasteiger partial charge in [0.25, 0.3) is 0 Å². The number of hydrogen-bond acceptors (Lipinski definition) is 8. The third-order valence-corrected chi connectivity index (χ3v) is 2.61. The van der Waals surface area contributed by atoms with Gasteiger partial charge in [-0.1, -0.05) is 25.8 Å². The van der Waals surface area contributed by atoms with Gasteiger partial charge < -0.3 is 15.6 Å². The monoisotopic (exact) mass is 294 g/mol. The molecule has 0 aliphatic heterocycles. The van der Waals surface area contributed by atoms with E-state index in [0.29, 0.717) is 0 Å². The van der Waals surface area contributed by atoms with Gasteiger partial charge in [0.15, 0.2) is 0 Å². The Hall–Kier alpha value is -2.13. The number of hydrogen-bond donors (Lipinski definition) is 3. The average molecular weight is 294 g/mol. The zero-order chi connectivity index (χ0) is 15.7. The molecule has 0 amide bonds. The highest BCUT2D eigenvalue weighted by Gasteiger charge is 2.07. The molecule has 0 unspecified atom stereocenters. The van der Waals surface area contributed by atoms with Crippen LogP contribution in [0.3, 0.4) is 0 Å². The van der Waals surface area contributed by atoms with Gasteiger partial charge in [-0.25, -0.2) is 0 Å². The zero-order valence-electron chi connectivity index (χ0n) is 11.6. The zero-order valence-corrected chi connectivity index (χ0v) is 11.6. The van der Waals surface area contributed by atoms with Gasteiger partial charge in [-0.2, -0.15) is 5.10 Å². The number of allylic oxidation sites excluding steroid dienone is 2. The van der Waals surface area contributed by atoms with Crippen molar-refractivity contribution >= 4 is 23.3 Å². The van der Waals surface area contributed by atoms with E-state index in [4.69, 9.17) is 10.4 Å². The highest BCUT2D eigenvalue weighted by molar-refractivity contribution is 5.76. The molecule has 0 aliphatic rings. The summed E-state index contributed by atoms with van der Waals surface area (Å²) in [5.41, 5.74) is 2.38. The van der Waals surface area contributed by atoms with E-state index in [1.165, 1.54) is 18.3 Å². The third-order valence-electron chi connectivity index (χ3n) is 2.61. The van der Waals surface area contributed by atoms with Gasteiger partial charge in [0.2, 0.25) is 0 Å². The molecule has 0 fully saturated rings. The number of hydrazone groups is 1. The SMILES string of the molecule is CCCCC=CC=NNc1ccc(N([O-])[O-])cc1N(O)O. The maximum atomic E-state index is 10.6. The van der Waals surface area contributed by atoms with E-state index in [1.54, 1.807) is 6.08 Å². The van der Waals surface area contributed by atoms with Crippen molar-refractivity contribution in [3.8, 4) is 0 Å². The van der Waals surface area contributed by atoms with Crippen LogP contribution in [0.1, 0.15) is 26.2 Å². The molecule has 8 nitrogen and oxygen atoms in total. The summed E-state index contributed by atoms with van der Waals surface area (Å²) in [5, 5.41) is 42.5. The van der Waals surface area contributed by atoms with Gasteiger partial charge in [-0.05, 0) is 30.7 Å². The van der Waals surface area contributed by atoms with Gasteiger partial charge in [0, 0.05) is 11.9 Å². The van der Waals surface area contributed by atoms with Crippen LogP contribution in [-0.4, -0.2) is 16.6 Å². The summed E-state index contributed by atoms with van der Waals surface area (Å²) >= 11 is 0. The fraction of sp³-hybridized carbons (Fsp3) is 0.308. The summed E-state index contributed by atoms with van der Waals surface area (Å²) < 4.78 is 0. The van der Waals surface area contributed by atoms with Crippen LogP contribution < -0.4 is 15.9 Å². The Bertz CT molecular complexity index is 489. The number of unbranched alkanes of at least 4 members (excludes halogenated alkanes) is 2. The molecule has 0 aliphatic carbocycles. The molecule has 3 N–H and O–H groups in total. The normalized spacial score (nSPS) is 11.3. The lowest BCUT2D eigenvalue weighted by molar-refractivity contribution is 0.0295. The molecule has 0 radical (unpaired) electrons. The lowest BCUT2D eigenvalue weighted by Gasteiger charge is -2.37. The van der Waals surface area contributed by atoms with Crippen LogP contribution in [0.25, 0.3) is 0 Å². The second-order valence-corrected chi connectivity index (χ2v) is 4.21. The van der Waals surface area contributed by atoms with Crippen LogP contribution in [0.5, 0.6) is 0 Å². The fourth-order valence-electron chi connectivity index (χ4n) is 1.52. The molecule has 116 valence electrons. The summed E-state index contributed by atoms with van der Waals surface area (Å²) in [6, 6.07) is 3.60. The molecule has 0 saturated carbocycles. The van der Waals surface area contributed by atoms with Crippen LogP contribution in [0.15, 0.2) is 35.5 Å².